The fraction of sp³-hybridized carbons (Fsp3) is 0.714. The summed E-state index contributed by atoms with van der Waals surface area (Å²) in [5, 5.41) is 0. The molecule has 1 saturated carbocycles. The molecule has 128 valence electrons. The Labute approximate surface area is 146 Å². The maximum absolute atomic E-state index is 4.38. The normalized spacial score (nSPS) is 26.0. The molecule has 2 aliphatic rings. The van der Waals surface area contributed by atoms with E-state index >= 15 is 0 Å². The first-order chi connectivity index (χ1) is 10.9. The first kappa shape index (κ1) is 17.2. The minimum Gasteiger partial charge on any atom is -0.299 e. The van der Waals surface area contributed by atoms with Crippen LogP contribution < -0.4 is 0 Å². The first-order valence-electron chi connectivity index (χ1n) is 9.40. The Morgan fingerprint density at radius 2 is 1.91 bits per heavy atom. The Hall–Kier alpha value is -0.600. The average Bonchev–Trinajstić information content (AvgIpc) is 2.95. The smallest absolute Gasteiger partial charge is 0.0193 e. The highest BCUT2D eigenvalue weighted by atomic mass is 32.1. The SMILES string of the molecule is C=C(Cc1ccc(C(C)(C)C)s1)CN1CC[C@H]2CCCC[C@@H]2C1. The van der Waals surface area contributed by atoms with Gasteiger partial charge < -0.3 is 0 Å². The fourth-order valence-electron chi connectivity index (χ4n) is 4.31. The van der Waals surface area contributed by atoms with Crippen LogP contribution in [0.5, 0.6) is 0 Å². The van der Waals surface area contributed by atoms with Gasteiger partial charge in [0.05, 0.1) is 0 Å². The zero-order chi connectivity index (χ0) is 16.4. The number of hydrogen-bond acceptors (Lipinski definition) is 2. The zero-order valence-corrected chi connectivity index (χ0v) is 16.1. The highest BCUT2D eigenvalue weighted by molar-refractivity contribution is 7.12. The van der Waals surface area contributed by atoms with Crippen LogP contribution in [0.25, 0.3) is 0 Å². The predicted molar refractivity (Wildman–Crippen MR) is 102 cm³/mol. The van der Waals surface area contributed by atoms with Crippen molar-refractivity contribution in [2.45, 2.75) is 64.7 Å². The highest BCUT2D eigenvalue weighted by Gasteiger charge is 2.31. The van der Waals surface area contributed by atoms with Gasteiger partial charge in [-0.2, -0.15) is 0 Å². The molecule has 0 amide bonds. The van der Waals surface area contributed by atoms with Crippen LogP contribution in [0.1, 0.15) is 62.6 Å². The number of hydrogen-bond donors (Lipinski definition) is 0. The second-order valence-electron chi connectivity index (χ2n) is 8.77. The van der Waals surface area contributed by atoms with Gasteiger partial charge in [-0.25, -0.2) is 0 Å². The van der Waals surface area contributed by atoms with Gasteiger partial charge in [0.1, 0.15) is 0 Å². The van der Waals surface area contributed by atoms with Crippen LogP contribution in [0, 0.1) is 11.8 Å². The first-order valence-corrected chi connectivity index (χ1v) is 10.2. The van der Waals surface area contributed by atoms with Gasteiger partial charge in [-0.05, 0) is 48.8 Å². The molecule has 0 radical (unpaired) electrons. The van der Waals surface area contributed by atoms with Crippen LogP contribution in [0.3, 0.4) is 0 Å². The quantitative estimate of drug-likeness (QED) is 0.644. The lowest BCUT2D eigenvalue weighted by molar-refractivity contribution is 0.0932. The van der Waals surface area contributed by atoms with Crippen LogP contribution in [0.4, 0.5) is 0 Å². The van der Waals surface area contributed by atoms with Crippen molar-refractivity contribution in [2.24, 2.45) is 11.8 Å². The third kappa shape index (κ3) is 4.48. The van der Waals surface area contributed by atoms with Crippen molar-refractivity contribution in [2.75, 3.05) is 19.6 Å². The van der Waals surface area contributed by atoms with E-state index in [1.54, 1.807) is 0 Å². The van der Waals surface area contributed by atoms with E-state index in [1.165, 1.54) is 60.5 Å². The molecule has 1 saturated heterocycles. The molecule has 0 aromatic carbocycles. The second kappa shape index (κ2) is 7.11. The minimum atomic E-state index is 0.271. The summed E-state index contributed by atoms with van der Waals surface area (Å²) in [6.07, 6.45) is 8.37. The lowest BCUT2D eigenvalue weighted by atomic mass is 9.75. The molecule has 0 unspecified atom stereocenters. The minimum absolute atomic E-state index is 0.271. The molecule has 1 aromatic rings. The fourth-order valence-corrected chi connectivity index (χ4v) is 5.45. The van der Waals surface area contributed by atoms with Gasteiger partial charge in [0, 0.05) is 29.3 Å². The number of piperidine rings is 1. The third-order valence-corrected chi connectivity index (χ3v) is 7.16. The number of fused-ring (bicyclic) bond motifs is 1. The van der Waals surface area contributed by atoms with E-state index in [9.17, 15) is 0 Å². The molecule has 2 heteroatoms. The Bertz CT molecular complexity index is 536. The summed E-state index contributed by atoms with van der Waals surface area (Å²) in [5.41, 5.74) is 1.66. The predicted octanol–water partition coefficient (Wildman–Crippen LogP) is 5.66. The molecule has 1 aromatic heterocycles. The number of thiophene rings is 1. The maximum Gasteiger partial charge on any atom is 0.0193 e. The van der Waals surface area contributed by atoms with E-state index in [-0.39, 0.29) is 5.41 Å². The van der Waals surface area contributed by atoms with E-state index < -0.39 is 0 Å². The van der Waals surface area contributed by atoms with Gasteiger partial charge >= 0.3 is 0 Å². The second-order valence-corrected chi connectivity index (χ2v) is 9.94. The van der Waals surface area contributed by atoms with Crippen molar-refractivity contribution >= 4 is 11.3 Å². The van der Waals surface area contributed by atoms with E-state index in [2.05, 4.69) is 44.4 Å². The molecule has 3 rings (SSSR count). The van der Waals surface area contributed by atoms with Gasteiger partial charge in [0.25, 0.3) is 0 Å². The highest BCUT2D eigenvalue weighted by Crippen LogP contribution is 2.36. The van der Waals surface area contributed by atoms with Crippen molar-refractivity contribution < 1.29 is 0 Å². The molecule has 1 nitrogen and oxygen atoms in total. The summed E-state index contributed by atoms with van der Waals surface area (Å²) in [6.45, 7) is 15.0. The molecule has 2 atom stereocenters. The monoisotopic (exact) mass is 331 g/mol. The number of rotatable bonds is 4. The van der Waals surface area contributed by atoms with E-state index in [0.717, 1.165) is 24.8 Å². The van der Waals surface area contributed by atoms with Gasteiger partial charge in [-0.3, -0.25) is 4.90 Å². The Balaban J connectivity index is 1.50. The number of likely N-dealkylation sites (tertiary alicyclic amines) is 1. The number of nitrogens with zero attached hydrogens (tertiary/aromatic N) is 1. The van der Waals surface area contributed by atoms with Gasteiger partial charge in [-0.1, -0.05) is 52.2 Å². The molecule has 23 heavy (non-hydrogen) atoms. The Morgan fingerprint density at radius 1 is 1.17 bits per heavy atom. The topological polar surface area (TPSA) is 3.24 Å². The van der Waals surface area contributed by atoms with Crippen molar-refractivity contribution in [1.29, 1.82) is 0 Å². The summed E-state index contributed by atoms with van der Waals surface area (Å²) in [6, 6.07) is 4.62. The zero-order valence-electron chi connectivity index (χ0n) is 15.2. The van der Waals surface area contributed by atoms with Gasteiger partial charge in [-0.15, -0.1) is 11.3 Å². The Morgan fingerprint density at radius 3 is 2.61 bits per heavy atom. The molecular weight excluding hydrogens is 298 g/mol. The maximum atomic E-state index is 4.38. The molecular formula is C21H33NS. The van der Waals surface area contributed by atoms with E-state index in [4.69, 9.17) is 0 Å². The van der Waals surface area contributed by atoms with Crippen LogP contribution in [0.2, 0.25) is 0 Å². The average molecular weight is 332 g/mol. The van der Waals surface area contributed by atoms with Crippen LogP contribution in [0.15, 0.2) is 24.3 Å². The summed E-state index contributed by atoms with van der Waals surface area (Å²) in [7, 11) is 0. The lowest BCUT2D eigenvalue weighted by Gasteiger charge is -2.41. The summed E-state index contributed by atoms with van der Waals surface area (Å²) in [5.74, 6) is 2.00. The van der Waals surface area contributed by atoms with Crippen molar-refractivity contribution in [3.8, 4) is 0 Å². The van der Waals surface area contributed by atoms with Crippen molar-refractivity contribution in [1.82, 2.24) is 4.90 Å². The Kier molecular flexibility index (Phi) is 5.32. The van der Waals surface area contributed by atoms with Crippen LogP contribution in [-0.2, 0) is 11.8 Å². The third-order valence-electron chi connectivity index (χ3n) is 5.65. The van der Waals surface area contributed by atoms with E-state index in [0.29, 0.717) is 0 Å². The standard InChI is InChI=1S/C21H33NS/c1-16(13-19-9-10-20(23-19)21(2,3)4)14-22-12-11-17-7-5-6-8-18(17)15-22/h9-10,17-18H,1,5-8,11-15H2,2-4H3/t17-,18-/m1/s1. The summed E-state index contributed by atoms with van der Waals surface area (Å²) in [4.78, 5) is 5.64. The van der Waals surface area contributed by atoms with E-state index in [1.807, 2.05) is 11.3 Å². The van der Waals surface area contributed by atoms with Crippen LogP contribution in [-0.4, -0.2) is 24.5 Å². The molecule has 0 N–H and O–H groups in total. The van der Waals surface area contributed by atoms with Gasteiger partial charge in [0.15, 0.2) is 0 Å². The largest absolute Gasteiger partial charge is 0.299 e. The molecule has 1 aliphatic carbocycles. The van der Waals surface area contributed by atoms with Crippen molar-refractivity contribution in [3.63, 3.8) is 0 Å². The molecule has 2 heterocycles. The van der Waals surface area contributed by atoms with Gasteiger partial charge in [0.2, 0.25) is 0 Å². The van der Waals surface area contributed by atoms with Crippen molar-refractivity contribution in [3.05, 3.63) is 34.0 Å². The summed E-state index contributed by atoms with van der Waals surface area (Å²) >= 11 is 1.97. The molecule has 1 aliphatic heterocycles. The lowest BCUT2D eigenvalue weighted by Crippen LogP contribution is -2.42. The van der Waals surface area contributed by atoms with Crippen LogP contribution >= 0.6 is 11.3 Å². The molecule has 0 spiro atoms. The molecule has 0 bridgehead atoms. The molecule has 2 fully saturated rings. The summed E-state index contributed by atoms with van der Waals surface area (Å²) < 4.78 is 0.